The van der Waals surface area contributed by atoms with Crippen LogP contribution in [0.3, 0.4) is 0 Å². The zero-order chi connectivity index (χ0) is 18.8. The Bertz CT molecular complexity index is 790. The van der Waals surface area contributed by atoms with Crippen molar-refractivity contribution in [1.82, 2.24) is 0 Å². The summed E-state index contributed by atoms with van der Waals surface area (Å²) in [7, 11) is 0. The van der Waals surface area contributed by atoms with Crippen molar-refractivity contribution in [3.05, 3.63) is 94.6 Å². The number of rotatable bonds is 9. The lowest BCUT2D eigenvalue weighted by Gasteiger charge is -2.06. The van der Waals surface area contributed by atoms with Crippen LogP contribution in [0.15, 0.2) is 77.1 Å². The van der Waals surface area contributed by atoms with Crippen molar-refractivity contribution in [3.63, 3.8) is 0 Å². The highest BCUT2D eigenvalue weighted by Crippen LogP contribution is 2.13. The summed E-state index contributed by atoms with van der Waals surface area (Å²) in [5, 5.41) is 0. The van der Waals surface area contributed by atoms with E-state index in [1.165, 1.54) is 12.1 Å². The molecule has 0 saturated heterocycles. The Morgan fingerprint density at radius 3 is 2.35 bits per heavy atom. The lowest BCUT2D eigenvalue weighted by Crippen LogP contribution is -1.91. The van der Waals surface area contributed by atoms with E-state index in [1.54, 1.807) is 24.3 Å². The molecule has 0 aromatic heterocycles. The van der Waals surface area contributed by atoms with E-state index < -0.39 is 0 Å². The maximum absolute atomic E-state index is 12.9. The molecule has 0 radical (unpaired) electrons. The minimum Gasteiger partial charge on any atom is -0.494 e. The Labute approximate surface area is 153 Å². The number of halogens is 1. The summed E-state index contributed by atoms with van der Waals surface area (Å²) in [4.78, 5) is 14.7. The highest BCUT2D eigenvalue weighted by molar-refractivity contribution is 5.74. The monoisotopic (exact) mass is 351 g/mol. The molecule has 0 aliphatic heterocycles. The van der Waals surface area contributed by atoms with Crippen molar-refractivity contribution < 1.29 is 13.9 Å². The summed E-state index contributed by atoms with van der Waals surface area (Å²) in [6.07, 6.45) is 6.12. The molecule has 2 rings (SSSR count). The summed E-state index contributed by atoms with van der Waals surface area (Å²) in [5.41, 5.74) is 3.57. The van der Waals surface area contributed by atoms with Gasteiger partial charge in [0.05, 0.1) is 5.76 Å². The molecule has 4 heteroatoms. The Kier molecular flexibility index (Phi) is 7.49. The van der Waals surface area contributed by atoms with Crippen LogP contribution in [0, 0.1) is 5.82 Å². The van der Waals surface area contributed by atoms with Crippen LogP contribution in [0.5, 0.6) is 0 Å². The second-order valence-electron chi connectivity index (χ2n) is 5.87. The number of hydrogen-bond acceptors (Lipinski definition) is 3. The third-order valence-corrected chi connectivity index (χ3v) is 3.88. The second kappa shape index (κ2) is 10.1. The molecule has 0 fully saturated rings. The highest BCUT2D eigenvalue weighted by atomic mass is 19.1. The minimum absolute atomic E-state index is 0.258. The van der Waals surface area contributed by atoms with E-state index >= 15 is 0 Å². The standard InChI is InChI=1S/C22H22FNO2/c1-17(26-16-20-8-11-21(23)12-9-20)3-13-22(24-2)14-10-18-4-6-19(15-25)7-5-18/h3-9,11-13,15H,2,10,14,16H2,1H3/b17-3+,22-13-. The van der Waals surface area contributed by atoms with Gasteiger partial charge in [0.15, 0.2) is 0 Å². The predicted octanol–water partition coefficient (Wildman–Crippen LogP) is 5.28. The average molecular weight is 351 g/mol. The van der Waals surface area contributed by atoms with Gasteiger partial charge in [-0.3, -0.25) is 9.79 Å². The van der Waals surface area contributed by atoms with Crippen LogP contribution in [-0.4, -0.2) is 13.0 Å². The molecule has 0 unspecified atom stereocenters. The Balaban J connectivity index is 1.87. The van der Waals surface area contributed by atoms with E-state index in [1.807, 2.05) is 31.2 Å². The van der Waals surface area contributed by atoms with Crippen LogP contribution in [0.4, 0.5) is 4.39 Å². The van der Waals surface area contributed by atoms with Gasteiger partial charge in [-0.15, -0.1) is 0 Å². The zero-order valence-electron chi connectivity index (χ0n) is 14.8. The van der Waals surface area contributed by atoms with Crippen LogP contribution in [-0.2, 0) is 17.8 Å². The van der Waals surface area contributed by atoms with Crippen molar-refractivity contribution in [1.29, 1.82) is 0 Å². The van der Waals surface area contributed by atoms with E-state index in [4.69, 9.17) is 4.74 Å². The fourth-order valence-corrected chi connectivity index (χ4v) is 2.29. The number of allylic oxidation sites excluding steroid dienone is 4. The maximum Gasteiger partial charge on any atom is 0.150 e. The first kappa shape index (κ1) is 19.3. The molecule has 134 valence electrons. The van der Waals surface area contributed by atoms with Gasteiger partial charge in [-0.1, -0.05) is 36.4 Å². The number of aliphatic imine (C=N–C) groups is 1. The minimum atomic E-state index is -0.258. The molecule has 0 bridgehead atoms. The van der Waals surface area contributed by atoms with E-state index in [0.29, 0.717) is 12.2 Å². The van der Waals surface area contributed by atoms with Gasteiger partial charge in [0.25, 0.3) is 0 Å². The molecule has 0 atom stereocenters. The quantitative estimate of drug-likeness (QED) is 0.267. The van der Waals surface area contributed by atoms with Gasteiger partial charge in [0, 0.05) is 11.3 Å². The van der Waals surface area contributed by atoms with Crippen molar-refractivity contribution in [2.24, 2.45) is 4.99 Å². The Hall–Kier alpha value is -3.01. The first-order valence-corrected chi connectivity index (χ1v) is 8.36. The number of carbonyl (C=O) groups excluding carboxylic acids is 1. The van der Waals surface area contributed by atoms with Gasteiger partial charge in [0.1, 0.15) is 18.7 Å². The van der Waals surface area contributed by atoms with Gasteiger partial charge >= 0.3 is 0 Å². The molecule has 0 amide bonds. The number of benzene rings is 2. The van der Waals surface area contributed by atoms with Crippen LogP contribution in [0.25, 0.3) is 0 Å². The number of carbonyl (C=O) groups is 1. The average Bonchev–Trinajstić information content (AvgIpc) is 2.68. The van der Waals surface area contributed by atoms with E-state index in [0.717, 1.165) is 41.7 Å². The lowest BCUT2D eigenvalue weighted by molar-refractivity contribution is 0.112. The highest BCUT2D eigenvalue weighted by Gasteiger charge is 1.99. The molecular formula is C22H22FNO2. The topological polar surface area (TPSA) is 38.7 Å². The lowest BCUT2D eigenvalue weighted by atomic mass is 10.1. The van der Waals surface area contributed by atoms with E-state index in [9.17, 15) is 9.18 Å². The largest absolute Gasteiger partial charge is 0.494 e. The van der Waals surface area contributed by atoms with Gasteiger partial charge in [0.2, 0.25) is 0 Å². The van der Waals surface area contributed by atoms with Gasteiger partial charge in [-0.25, -0.2) is 4.39 Å². The van der Waals surface area contributed by atoms with Crippen LogP contribution in [0.1, 0.15) is 34.8 Å². The molecule has 0 saturated carbocycles. The van der Waals surface area contributed by atoms with Gasteiger partial charge < -0.3 is 4.74 Å². The molecule has 2 aromatic rings. The summed E-state index contributed by atoms with van der Waals surface area (Å²) in [5.74, 6) is 0.484. The predicted molar refractivity (Wildman–Crippen MR) is 103 cm³/mol. The fraction of sp³-hybridized carbons (Fsp3) is 0.182. The van der Waals surface area contributed by atoms with Crippen molar-refractivity contribution in [2.45, 2.75) is 26.4 Å². The molecule has 0 N–H and O–H groups in total. The molecule has 26 heavy (non-hydrogen) atoms. The molecular weight excluding hydrogens is 329 g/mol. The molecule has 0 aliphatic carbocycles. The second-order valence-corrected chi connectivity index (χ2v) is 5.87. The zero-order valence-corrected chi connectivity index (χ0v) is 14.8. The van der Waals surface area contributed by atoms with Crippen LogP contribution in [0.2, 0.25) is 0 Å². The van der Waals surface area contributed by atoms with E-state index in [2.05, 4.69) is 11.7 Å². The van der Waals surface area contributed by atoms with Crippen molar-refractivity contribution in [3.8, 4) is 0 Å². The summed E-state index contributed by atoms with van der Waals surface area (Å²) in [6.45, 7) is 5.86. The normalized spacial score (nSPS) is 11.9. The van der Waals surface area contributed by atoms with E-state index in [-0.39, 0.29) is 5.82 Å². The number of aryl methyl sites for hydroxylation is 1. The summed E-state index contributed by atoms with van der Waals surface area (Å²) in [6, 6.07) is 13.7. The van der Waals surface area contributed by atoms with Crippen molar-refractivity contribution >= 4 is 13.0 Å². The first-order chi connectivity index (χ1) is 12.6. The number of hydrogen-bond donors (Lipinski definition) is 0. The Morgan fingerprint density at radius 1 is 1.08 bits per heavy atom. The van der Waals surface area contributed by atoms with Gasteiger partial charge in [-0.2, -0.15) is 0 Å². The van der Waals surface area contributed by atoms with Crippen molar-refractivity contribution in [2.75, 3.05) is 0 Å². The number of nitrogens with zero attached hydrogens (tertiary/aromatic N) is 1. The SMILES string of the molecule is C=N/C(=C\C=C(/C)OCc1ccc(F)cc1)CCc1ccc(C=O)cc1. The molecule has 0 heterocycles. The molecule has 3 nitrogen and oxygen atoms in total. The third-order valence-electron chi connectivity index (χ3n) is 3.88. The number of aldehydes is 1. The van der Waals surface area contributed by atoms with Crippen LogP contribution >= 0.6 is 0 Å². The molecule has 0 spiro atoms. The third kappa shape index (κ3) is 6.48. The van der Waals surface area contributed by atoms with Gasteiger partial charge in [-0.05, 0) is 61.9 Å². The first-order valence-electron chi connectivity index (χ1n) is 8.36. The summed E-state index contributed by atoms with van der Waals surface area (Å²) >= 11 is 0. The summed E-state index contributed by atoms with van der Waals surface area (Å²) < 4.78 is 18.5. The number of ether oxygens (including phenoxy) is 1. The molecule has 0 aliphatic rings. The Morgan fingerprint density at radius 2 is 1.73 bits per heavy atom. The maximum atomic E-state index is 12.9. The van der Waals surface area contributed by atoms with Crippen LogP contribution < -0.4 is 0 Å². The molecule has 2 aromatic carbocycles. The smallest absolute Gasteiger partial charge is 0.150 e. The fourth-order valence-electron chi connectivity index (χ4n) is 2.29.